The number of halogens is 1. The van der Waals surface area contributed by atoms with Crippen molar-refractivity contribution in [1.29, 1.82) is 0 Å². The van der Waals surface area contributed by atoms with Crippen LogP contribution in [0.4, 0.5) is 23.0 Å². The van der Waals surface area contributed by atoms with Crippen LogP contribution in [-0.2, 0) is 9.53 Å². The molecule has 2 aromatic carbocycles. The summed E-state index contributed by atoms with van der Waals surface area (Å²) in [6.07, 6.45) is 7.57. The number of aromatic nitrogens is 5. The number of nitrogens with one attached hydrogen (secondary N) is 2. The van der Waals surface area contributed by atoms with Crippen molar-refractivity contribution in [2.45, 2.75) is 31.7 Å². The van der Waals surface area contributed by atoms with E-state index in [0.29, 0.717) is 46.0 Å². The van der Waals surface area contributed by atoms with E-state index in [0.717, 1.165) is 37.1 Å². The summed E-state index contributed by atoms with van der Waals surface area (Å²) in [5, 5.41) is 3.97. The smallest absolute Gasteiger partial charge is 0.311 e. The molecule has 10 heteroatoms. The fourth-order valence-corrected chi connectivity index (χ4v) is 6.79. The molecule has 3 saturated carbocycles. The Bertz CT molecular complexity index is 1680. The van der Waals surface area contributed by atoms with Gasteiger partial charge in [-0.3, -0.25) is 9.69 Å². The van der Waals surface area contributed by atoms with Gasteiger partial charge in [0.2, 0.25) is 0 Å². The number of esters is 1. The van der Waals surface area contributed by atoms with Gasteiger partial charge in [0, 0.05) is 29.7 Å². The van der Waals surface area contributed by atoms with Crippen molar-refractivity contribution < 1.29 is 9.53 Å². The molecule has 0 spiro atoms. The van der Waals surface area contributed by atoms with Gasteiger partial charge in [-0.15, -0.1) is 0 Å². The lowest BCUT2D eigenvalue weighted by molar-refractivity contribution is -0.152. The molecule has 2 bridgehead atoms. The van der Waals surface area contributed by atoms with Gasteiger partial charge in [-0.1, -0.05) is 48.0 Å². The van der Waals surface area contributed by atoms with Crippen molar-refractivity contribution in [2.75, 3.05) is 17.3 Å². The predicted octanol–water partition coefficient (Wildman–Crippen LogP) is 6.93. The summed E-state index contributed by atoms with van der Waals surface area (Å²) in [4.78, 5) is 37.2. The van der Waals surface area contributed by atoms with Gasteiger partial charge in [0.05, 0.1) is 24.8 Å². The Balaban J connectivity index is 1.39. The fraction of sp³-hybridized carbons (Fsp3) is 0.281. The van der Waals surface area contributed by atoms with Gasteiger partial charge in [-0.25, -0.2) is 19.9 Å². The summed E-state index contributed by atoms with van der Waals surface area (Å²) in [5.41, 5.74) is 3.76. The summed E-state index contributed by atoms with van der Waals surface area (Å²) in [6, 6.07) is 22.1. The van der Waals surface area contributed by atoms with E-state index in [-0.39, 0.29) is 23.1 Å². The molecule has 2 unspecified atom stereocenters. The summed E-state index contributed by atoms with van der Waals surface area (Å²) in [5.74, 6) is 2.04. The Morgan fingerprint density at radius 3 is 2.29 bits per heavy atom. The maximum absolute atomic E-state index is 13.0. The van der Waals surface area contributed by atoms with Gasteiger partial charge in [0.1, 0.15) is 22.3 Å². The van der Waals surface area contributed by atoms with Crippen molar-refractivity contribution in [2.24, 2.45) is 17.8 Å². The molecule has 3 aliphatic rings. The molecular weight excluding hydrogens is 550 g/mol. The predicted molar refractivity (Wildman–Crippen MR) is 163 cm³/mol. The van der Waals surface area contributed by atoms with Gasteiger partial charge in [0.25, 0.3) is 0 Å². The number of carbonyl (C=O) groups is 1. The zero-order chi connectivity index (χ0) is 28.6. The highest BCUT2D eigenvalue weighted by molar-refractivity contribution is 6.29. The molecule has 3 aliphatic carbocycles. The van der Waals surface area contributed by atoms with Crippen molar-refractivity contribution >= 4 is 51.7 Å². The minimum atomic E-state index is -0.221. The minimum absolute atomic E-state index is 0.0837. The van der Waals surface area contributed by atoms with Crippen molar-refractivity contribution in [3.05, 3.63) is 84.3 Å². The second-order valence-corrected chi connectivity index (χ2v) is 11.3. The average molecular weight is 580 g/mol. The zero-order valence-corrected chi connectivity index (χ0v) is 23.8. The van der Waals surface area contributed by atoms with Crippen LogP contribution in [0.1, 0.15) is 25.7 Å². The van der Waals surface area contributed by atoms with E-state index < -0.39 is 0 Å². The van der Waals surface area contributed by atoms with Crippen LogP contribution in [0.15, 0.2) is 79.1 Å². The Morgan fingerprint density at radius 2 is 1.62 bits per heavy atom. The van der Waals surface area contributed by atoms with Crippen LogP contribution in [0.5, 0.6) is 0 Å². The largest absolute Gasteiger partial charge is 0.469 e. The molecule has 0 amide bonds. The molecule has 0 aliphatic heterocycles. The Kier molecular flexibility index (Phi) is 6.95. The van der Waals surface area contributed by atoms with Crippen LogP contribution >= 0.6 is 11.6 Å². The summed E-state index contributed by atoms with van der Waals surface area (Å²) in [7, 11) is 1.48. The number of fused-ring (bicyclic) bond motifs is 4. The van der Waals surface area contributed by atoms with E-state index in [2.05, 4.69) is 25.2 Å². The molecule has 0 saturated heterocycles. The van der Waals surface area contributed by atoms with E-state index in [1.807, 2.05) is 66.7 Å². The van der Waals surface area contributed by atoms with Gasteiger partial charge >= 0.3 is 5.97 Å². The third-order valence-electron chi connectivity index (χ3n) is 8.57. The highest BCUT2D eigenvalue weighted by atomic mass is 35.5. The highest BCUT2D eigenvalue weighted by Crippen LogP contribution is 2.47. The van der Waals surface area contributed by atoms with Crippen LogP contribution < -0.4 is 10.2 Å². The molecular formula is C32H30ClN7O2. The fourth-order valence-electron chi connectivity index (χ4n) is 6.65. The van der Waals surface area contributed by atoms with Crippen molar-refractivity contribution in [3.63, 3.8) is 0 Å². The van der Waals surface area contributed by atoms with E-state index in [9.17, 15) is 4.79 Å². The summed E-state index contributed by atoms with van der Waals surface area (Å²) >= 11 is 6.24. The molecule has 5 aromatic rings. The normalized spacial score (nSPS) is 21.3. The van der Waals surface area contributed by atoms with Crippen LogP contribution in [0.3, 0.4) is 0 Å². The first-order valence-corrected chi connectivity index (χ1v) is 14.6. The van der Waals surface area contributed by atoms with E-state index in [4.69, 9.17) is 26.3 Å². The number of benzene rings is 2. The molecule has 3 fully saturated rings. The molecule has 3 heterocycles. The topological polar surface area (TPSA) is 109 Å². The summed E-state index contributed by atoms with van der Waals surface area (Å²) < 4.78 is 5.28. The van der Waals surface area contributed by atoms with E-state index in [1.165, 1.54) is 13.3 Å². The molecule has 212 valence electrons. The number of H-pyrrole nitrogens is 1. The number of nitrogens with zero attached hydrogens (tertiary/aromatic N) is 5. The molecule has 2 N–H and O–H groups in total. The molecule has 2 atom stereocenters. The van der Waals surface area contributed by atoms with Crippen LogP contribution in [-0.4, -0.2) is 44.0 Å². The monoisotopic (exact) mass is 579 g/mol. The maximum Gasteiger partial charge on any atom is 0.311 e. The summed E-state index contributed by atoms with van der Waals surface area (Å²) in [6.45, 7) is 0. The Hall–Kier alpha value is -4.50. The quantitative estimate of drug-likeness (QED) is 0.200. The second-order valence-electron chi connectivity index (χ2n) is 10.9. The first-order valence-electron chi connectivity index (χ1n) is 14.2. The molecule has 8 rings (SSSR count). The van der Waals surface area contributed by atoms with Gasteiger partial charge in [0.15, 0.2) is 11.5 Å². The second kappa shape index (κ2) is 11.1. The number of anilines is 4. The zero-order valence-electron chi connectivity index (χ0n) is 23.1. The molecule has 42 heavy (non-hydrogen) atoms. The number of hydrogen-bond acceptors (Lipinski definition) is 8. The SMILES string of the molecule is COC(=O)C1C2CCC(CC2)C1Nc1cc(N(c2ccccc2)c2ccccc2)nc(-c2c[nH]c3ncc(Cl)nc23)n1. The number of rotatable bonds is 7. The van der Waals surface area contributed by atoms with Crippen LogP contribution in [0.25, 0.3) is 22.6 Å². The number of methoxy groups -OCH3 is 1. The third kappa shape index (κ3) is 4.83. The lowest BCUT2D eigenvalue weighted by Gasteiger charge is -2.47. The van der Waals surface area contributed by atoms with Crippen LogP contribution in [0, 0.1) is 17.8 Å². The molecule has 3 aromatic heterocycles. The van der Waals surface area contributed by atoms with Gasteiger partial charge < -0.3 is 15.0 Å². The third-order valence-corrected chi connectivity index (χ3v) is 8.75. The van der Waals surface area contributed by atoms with E-state index in [1.54, 1.807) is 6.20 Å². The van der Waals surface area contributed by atoms with Crippen LogP contribution in [0.2, 0.25) is 5.15 Å². The number of para-hydroxylation sites is 2. The number of ether oxygens (including phenoxy) is 1. The number of carbonyl (C=O) groups excluding carboxylic acids is 1. The standard InChI is InChI=1S/C32H30ClN7O2/c1-42-32(41)27-19-12-14-20(15-13-19)28(27)37-25-16-26(40(21-8-4-2-5-9-21)22-10-6-3-7-11-22)39-30(38-25)23-17-34-31-29(23)36-24(33)18-35-31/h2-11,16-20,27-28H,12-15H2,1H3,(H,34,35)(H,37,38,39). The lowest BCUT2D eigenvalue weighted by atomic mass is 9.61. The number of aromatic amines is 1. The first-order chi connectivity index (χ1) is 20.6. The van der Waals surface area contributed by atoms with Gasteiger partial charge in [-0.05, 0) is 61.8 Å². The lowest BCUT2D eigenvalue weighted by Crippen LogP contribution is -2.51. The molecule has 9 nitrogen and oxygen atoms in total. The Labute approximate surface area is 248 Å². The number of hydrogen-bond donors (Lipinski definition) is 2. The minimum Gasteiger partial charge on any atom is -0.469 e. The van der Waals surface area contributed by atoms with Crippen molar-refractivity contribution in [3.8, 4) is 11.4 Å². The van der Waals surface area contributed by atoms with Crippen molar-refractivity contribution in [1.82, 2.24) is 24.9 Å². The first kappa shape index (κ1) is 26.4. The average Bonchev–Trinajstić information content (AvgIpc) is 3.45. The van der Waals surface area contributed by atoms with Gasteiger partial charge in [-0.2, -0.15) is 0 Å². The molecule has 0 radical (unpaired) electrons. The Morgan fingerprint density at radius 1 is 0.952 bits per heavy atom. The van der Waals surface area contributed by atoms with E-state index >= 15 is 0 Å². The maximum atomic E-state index is 13.0. The highest BCUT2D eigenvalue weighted by Gasteiger charge is 2.48.